The van der Waals surface area contributed by atoms with E-state index in [1.165, 1.54) is 13.2 Å². The van der Waals surface area contributed by atoms with Crippen LogP contribution in [0.2, 0.25) is 0 Å². The molecule has 1 rings (SSSR count). The van der Waals surface area contributed by atoms with Crippen LogP contribution in [0.3, 0.4) is 0 Å². The van der Waals surface area contributed by atoms with Gasteiger partial charge in [0.2, 0.25) is 16.3 Å². The Hall–Kier alpha value is -1.55. The average molecular weight is 359 g/mol. The summed E-state index contributed by atoms with van der Waals surface area (Å²) in [4.78, 5) is -0.914. The minimum atomic E-state index is -5.39. The molecule has 132 valence electrons. The largest absolute Gasteiger partial charge is 0.496 e. The van der Waals surface area contributed by atoms with Gasteiger partial charge in [0.1, 0.15) is 16.4 Å². The quantitative estimate of drug-likeness (QED) is 0.720. The van der Waals surface area contributed by atoms with Gasteiger partial charge in [0.15, 0.2) is 0 Å². The Labute approximate surface area is 131 Å². The molecule has 0 aliphatic heterocycles. The lowest BCUT2D eigenvalue weighted by molar-refractivity contribution is 0.0109. The molecule has 0 heterocycles. The van der Waals surface area contributed by atoms with Gasteiger partial charge in [-0.3, -0.25) is 0 Å². The Morgan fingerprint density at radius 1 is 1.17 bits per heavy atom. The fraction of sp³-hybridized carbons (Fsp3) is 0.538. The molecule has 2 N–H and O–H groups in total. The van der Waals surface area contributed by atoms with Gasteiger partial charge in [-0.05, 0) is 24.6 Å². The number of nitrogens with two attached hydrogens (primary N) is 1. The second-order valence-corrected chi connectivity index (χ2v) is 6.63. The van der Waals surface area contributed by atoms with Gasteiger partial charge in [-0.1, -0.05) is 0 Å². The van der Waals surface area contributed by atoms with Crippen LogP contribution in [0.5, 0.6) is 11.5 Å². The van der Waals surface area contributed by atoms with Crippen molar-refractivity contribution in [2.24, 2.45) is 5.73 Å². The molecule has 5 nitrogen and oxygen atoms in total. The molecule has 0 bridgehead atoms. The maximum absolute atomic E-state index is 13.8. The van der Waals surface area contributed by atoms with Gasteiger partial charge in [-0.2, -0.15) is 8.78 Å². The summed E-state index contributed by atoms with van der Waals surface area (Å²) in [5, 5.41) is -4.64. The van der Waals surface area contributed by atoms with Gasteiger partial charge in [0, 0.05) is 6.07 Å². The number of benzene rings is 1. The lowest BCUT2D eigenvalue weighted by Gasteiger charge is -2.20. The van der Waals surface area contributed by atoms with Crippen molar-refractivity contribution < 1.29 is 35.5 Å². The van der Waals surface area contributed by atoms with Crippen LogP contribution in [0, 0.1) is 0 Å². The minimum Gasteiger partial charge on any atom is -0.496 e. The van der Waals surface area contributed by atoms with Crippen molar-refractivity contribution in [1.82, 2.24) is 0 Å². The lowest BCUT2D eigenvalue weighted by Crippen LogP contribution is -2.31. The van der Waals surface area contributed by atoms with Gasteiger partial charge in [-0.25, -0.2) is 17.2 Å². The summed E-state index contributed by atoms with van der Waals surface area (Å²) in [5.74, 6) is -0.383. The molecule has 0 atom stereocenters. The predicted octanol–water partition coefficient (Wildman–Crippen LogP) is 2.23. The second kappa shape index (κ2) is 7.35. The maximum atomic E-state index is 13.8. The molecular formula is C13H17F4NO4S. The summed E-state index contributed by atoms with van der Waals surface area (Å²) in [6.45, 7) is 0.202. The molecule has 0 amide bonds. The summed E-state index contributed by atoms with van der Waals surface area (Å²) in [6.07, 6.45) is -5.30. The third-order valence-electron chi connectivity index (χ3n) is 3.05. The van der Waals surface area contributed by atoms with Crippen molar-refractivity contribution in [3.05, 3.63) is 17.7 Å². The fourth-order valence-electron chi connectivity index (χ4n) is 1.94. The molecular weight excluding hydrogens is 342 g/mol. The van der Waals surface area contributed by atoms with E-state index in [2.05, 4.69) is 0 Å². The number of hydrogen-bond donors (Lipinski definition) is 1. The molecule has 1 aromatic carbocycles. The lowest BCUT2D eigenvalue weighted by atomic mass is 10.1. The Bertz CT molecular complexity index is 650. The van der Waals surface area contributed by atoms with Crippen LogP contribution in [0.4, 0.5) is 17.6 Å². The number of hydrogen-bond acceptors (Lipinski definition) is 5. The predicted molar refractivity (Wildman–Crippen MR) is 75.1 cm³/mol. The number of alkyl halides is 4. The highest BCUT2D eigenvalue weighted by Gasteiger charge is 2.49. The first-order valence-corrected chi connectivity index (χ1v) is 7.94. The highest BCUT2D eigenvalue weighted by atomic mass is 32.2. The van der Waals surface area contributed by atoms with Crippen molar-refractivity contribution in [2.75, 3.05) is 20.8 Å². The third kappa shape index (κ3) is 4.05. The SMILES string of the molecule is COc1cc(S(=O)(=O)C(F)(F)CC(F)F)c(OC)cc1CCN. The Kier molecular flexibility index (Phi) is 6.23. The highest BCUT2D eigenvalue weighted by molar-refractivity contribution is 7.92. The third-order valence-corrected chi connectivity index (χ3v) is 4.91. The van der Waals surface area contributed by atoms with E-state index < -0.39 is 32.8 Å². The van der Waals surface area contributed by atoms with Crippen molar-refractivity contribution in [1.29, 1.82) is 0 Å². The smallest absolute Gasteiger partial charge is 0.355 e. The maximum Gasteiger partial charge on any atom is 0.355 e. The fourth-order valence-corrected chi connectivity index (χ4v) is 3.28. The first-order valence-electron chi connectivity index (χ1n) is 6.46. The zero-order valence-electron chi connectivity index (χ0n) is 12.5. The van der Waals surface area contributed by atoms with E-state index in [1.807, 2.05) is 0 Å². The molecule has 0 saturated carbocycles. The highest BCUT2D eigenvalue weighted by Crippen LogP contribution is 2.40. The van der Waals surface area contributed by atoms with Crippen LogP contribution < -0.4 is 15.2 Å². The number of methoxy groups -OCH3 is 2. The molecule has 0 spiro atoms. The normalized spacial score (nSPS) is 12.5. The Morgan fingerprint density at radius 2 is 1.74 bits per heavy atom. The molecule has 1 aromatic rings. The van der Waals surface area contributed by atoms with Crippen LogP contribution in [-0.2, 0) is 16.3 Å². The van der Waals surface area contributed by atoms with E-state index in [0.29, 0.717) is 5.56 Å². The van der Waals surface area contributed by atoms with E-state index in [9.17, 15) is 26.0 Å². The molecule has 0 fully saturated rings. The van der Waals surface area contributed by atoms with Crippen LogP contribution >= 0.6 is 0 Å². The average Bonchev–Trinajstić information content (AvgIpc) is 2.45. The van der Waals surface area contributed by atoms with E-state index in [1.54, 1.807) is 0 Å². The van der Waals surface area contributed by atoms with Gasteiger partial charge >= 0.3 is 5.25 Å². The zero-order valence-corrected chi connectivity index (χ0v) is 13.3. The summed E-state index contributed by atoms with van der Waals surface area (Å²) < 4.78 is 85.9. The molecule has 0 unspecified atom stereocenters. The molecule has 0 aliphatic rings. The van der Waals surface area contributed by atoms with E-state index in [4.69, 9.17) is 15.2 Å². The van der Waals surface area contributed by atoms with Crippen LogP contribution in [0.25, 0.3) is 0 Å². The van der Waals surface area contributed by atoms with Gasteiger partial charge < -0.3 is 15.2 Å². The molecule has 10 heteroatoms. The van der Waals surface area contributed by atoms with Gasteiger partial charge in [0.05, 0.1) is 20.6 Å². The van der Waals surface area contributed by atoms with E-state index in [-0.39, 0.29) is 24.5 Å². The molecule has 0 aromatic heterocycles. The van der Waals surface area contributed by atoms with Crippen molar-refractivity contribution >= 4 is 9.84 Å². The van der Waals surface area contributed by atoms with E-state index in [0.717, 1.165) is 13.2 Å². The molecule has 0 aliphatic carbocycles. The summed E-state index contributed by atoms with van der Waals surface area (Å²) in [7, 11) is -3.09. The first-order chi connectivity index (χ1) is 10.6. The zero-order chi connectivity index (χ0) is 17.8. The van der Waals surface area contributed by atoms with E-state index >= 15 is 0 Å². The summed E-state index contributed by atoms with van der Waals surface area (Å²) >= 11 is 0. The number of ether oxygens (including phenoxy) is 2. The summed E-state index contributed by atoms with van der Waals surface area (Å²) in [6, 6.07) is 2.02. The van der Waals surface area contributed by atoms with Crippen LogP contribution in [-0.4, -0.2) is 40.9 Å². The Balaban J connectivity index is 3.51. The van der Waals surface area contributed by atoms with Gasteiger partial charge in [0.25, 0.3) is 0 Å². The van der Waals surface area contributed by atoms with Gasteiger partial charge in [-0.15, -0.1) is 0 Å². The van der Waals surface area contributed by atoms with Crippen LogP contribution in [0.1, 0.15) is 12.0 Å². The number of halogens is 4. The molecule has 0 saturated heterocycles. The van der Waals surface area contributed by atoms with Crippen molar-refractivity contribution in [2.45, 2.75) is 29.4 Å². The monoisotopic (exact) mass is 359 g/mol. The molecule has 23 heavy (non-hydrogen) atoms. The minimum absolute atomic E-state index is 0.00247. The number of sulfone groups is 1. The first kappa shape index (κ1) is 19.5. The topological polar surface area (TPSA) is 78.6 Å². The standard InChI is InChI=1S/C13H17F4NO4S/c1-21-9-6-11(10(22-2)5-8(9)3-4-18)23(19,20)13(16,17)7-12(14)15/h5-6,12H,3-4,7,18H2,1-2H3. The number of rotatable bonds is 8. The van der Waals surface area contributed by atoms with Crippen LogP contribution in [0.15, 0.2) is 17.0 Å². The Morgan fingerprint density at radius 3 is 2.17 bits per heavy atom. The second-order valence-electron chi connectivity index (χ2n) is 4.59. The molecule has 0 radical (unpaired) electrons. The van der Waals surface area contributed by atoms with Crippen molar-refractivity contribution in [3.8, 4) is 11.5 Å². The summed E-state index contributed by atoms with van der Waals surface area (Å²) in [5.41, 5.74) is 5.85. The van der Waals surface area contributed by atoms with Crippen molar-refractivity contribution in [3.63, 3.8) is 0 Å².